The molecule has 0 aromatic heterocycles. The van der Waals surface area contributed by atoms with Gasteiger partial charge in [-0.2, -0.15) is 0 Å². The third-order valence-electron chi connectivity index (χ3n) is 4.52. The molecule has 2 aromatic carbocycles. The lowest BCUT2D eigenvalue weighted by Gasteiger charge is -2.36. The average molecular weight is 360 g/mol. The van der Waals surface area contributed by atoms with Crippen molar-refractivity contribution < 1.29 is 10.3 Å². The Morgan fingerprint density at radius 2 is 1.80 bits per heavy atom. The van der Waals surface area contributed by atoms with E-state index >= 15 is 0 Å². The van der Waals surface area contributed by atoms with Crippen LogP contribution >= 0.6 is 11.6 Å². The summed E-state index contributed by atoms with van der Waals surface area (Å²) < 4.78 is 0. The van der Waals surface area contributed by atoms with Crippen molar-refractivity contribution in [1.29, 1.82) is 0 Å². The maximum absolute atomic E-state index is 10.4. The summed E-state index contributed by atoms with van der Waals surface area (Å²) in [5.41, 5.74) is 3.61. The van der Waals surface area contributed by atoms with Crippen LogP contribution in [0.3, 0.4) is 0 Å². The van der Waals surface area contributed by atoms with E-state index in [9.17, 15) is 5.11 Å². The van der Waals surface area contributed by atoms with Gasteiger partial charge in [-0.3, -0.25) is 4.90 Å². The normalized spacial score (nSPS) is 15.8. The fourth-order valence-corrected chi connectivity index (χ4v) is 3.35. The largest absolute Gasteiger partial charge is 0.507 e. The molecule has 25 heavy (non-hydrogen) atoms. The number of oxime groups is 1. The minimum atomic E-state index is 0.184. The number of hydrogen-bond donors (Lipinski definition) is 2. The van der Waals surface area contributed by atoms with Gasteiger partial charge in [0.1, 0.15) is 5.75 Å². The number of aromatic hydroxyl groups is 1. The van der Waals surface area contributed by atoms with E-state index in [1.165, 1.54) is 11.9 Å². The summed E-state index contributed by atoms with van der Waals surface area (Å²) in [4.78, 5) is 4.66. The van der Waals surface area contributed by atoms with Crippen LogP contribution in [-0.2, 0) is 6.54 Å². The van der Waals surface area contributed by atoms with E-state index in [1.807, 2.05) is 37.3 Å². The van der Waals surface area contributed by atoms with Crippen LogP contribution in [0.15, 0.2) is 41.6 Å². The number of aryl methyl sites for hydroxylation is 1. The number of piperazine rings is 1. The van der Waals surface area contributed by atoms with Crippen molar-refractivity contribution in [3.05, 3.63) is 58.1 Å². The standard InChI is InChI=1S/C19H22ClN3O2/c1-14-10-15(12-21-25)19(24)16(11-14)13-22-6-8-23(9-7-22)18-4-2-17(20)3-5-18/h2-5,10-12,24-25H,6-9,13H2,1H3/b21-12+. The molecule has 0 radical (unpaired) electrons. The van der Waals surface area contributed by atoms with Gasteiger partial charge >= 0.3 is 0 Å². The highest BCUT2D eigenvalue weighted by molar-refractivity contribution is 6.30. The van der Waals surface area contributed by atoms with Crippen LogP contribution in [0.4, 0.5) is 5.69 Å². The molecule has 0 atom stereocenters. The van der Waals surface area contributed by atoms with Crippen molar-refractivity contribution in [2.45, 2.75) is 13.5 Å². The summed E-state index contributed by atoms with van der Waals surface area (Å²) >= 11 is 5.95. The minimum Gasteiger partial charge on any atom is -0.507 e. The predicted molar refractivity (Wildman–Crippen MR) is 101 cm³/mol. The smallest absolute Gasteiger partial charge is 0.128 e. The quantitative estimate of drug-likeness (QED) is 0.498. The fraction of sp³-hybridized carbons (Fsp3) is 0.316. The molecule has 1 heterocycles. The van der Waals surface area contributed by atoms with Crippen molar-refractivity contribution in [2.75, 3.05) is 31.1 Å². The Kier molecular flexibility index (Phi) is 5.46. The second-order valence-corrected chi connectivity index (χ2v) is 6.78. The van der Waals surface area contributed by atoms with Gasteiger partial charge in [0.05, 0.1) is 6.21 Å². The van der Waals surface area contributed by atoms with Crippen LogP contribution in [0, 0.1) is 6.92 Å². The van der Waals surface area contributed by atoms with E-state index in [0.717, 1.165) is 42.3 Å². The minimum absolute atomic E-state index is 0.184. The first-order valence-electron chi connectivity index (χ1n) is 8.29. The molecule has 132 valence electrons. The fourth-order valence-electron chi connectivity index (χ4n) is 3.22. The van der Waals surface area contributed by atoms with Crippen molar-refractivity contribution >= 4 is 23.5 Å². The van der Waals surface area contributed by atoms with Crippen LogP contribution < -0.4 is 4.90 Å². The second kappa shape index (κ2) is 7.76. The van der Waals surface area contributed by atoms with Gasteiger partial charge in [-0.15, -0.1) is 0 Å². The van der Waals surface area contributed by atoms with Crippen molar-refractivity contribution in [1.82, 2.24) is 4.90 Å². The molecule has 0 amide bonds. The van der Waals surface area contributed by atoms with Gasteiger partial charge in [0.2, 0.25) is 0 Å². The highest BCUT2D eigenvalue weighted by Crippen LogP contribution is 2.26. The number of benzene rings is 2. The topological polar surface area (TPSA) is 59.3 Å². The van der Waals surface area contributed by atoms with Gasteiger partial charge in [-0.05, 0) is 42.8 Å². The number of phenols is 1. The zero-order valence-electron chi connectivity index (χ0n) is 14.2. The first kappa shape index (κ1) is 17.6. The van der Waals surface area contributed by atoms with Gasteiger partial charge < -0.3 is 15.2 Å². The molecular formula is C19H22ClN3O2. The summed E-state index contributed by atoms with van der Waals surface area (Å²) in [6, 6.07) is 11.7. The zero-order chi connectivity index (χ0) is 17.8. The summed E-state index contributed by atoms with van der Waals surface area (Å²) in [5.74, 6) is 0.184. The lowest BCUT2D eigenvalue weighted by atomic mass is 10.0. The number of phenolic OH excluding ortho intramolecular Hbond substituents is 1. The number of hydrogen-bond acceptors (Lipinski definition) is 5. The maximum atomic E-state index is 10.4. The second-order valence-electron chi connectivity index (χ2n) is 6.35. The molecule has 0 spiro atoms. The van der Waals surface area contributed by atoms with Crippen LogP contribution in [0.1, 0.15) is 16.7 Å². The van der Waals surface area contributed by atoms with Gasteiger partial charge in [0.25, 0.3) is 0 Å². The van der Waals surface area contributed by atoms with Gasteiger partial charge in [0.15, 0.2) is 0 Å². The summed E-state index contributed by atoms with van der Waals surface area (Å²) in [6.07, 6.45) is 1.27. The van der Waals surface area contributed by atoms with Crippen LogP contribution in [-0.4, -0.2) is 47.6 Å². The third-order valence-corrected chi connectivity index (χ3v) is 4.77. The van der Waals surface area contributed by atoms with Crippen molar-refractivity contribution in [3.8, 4) is 5.75 Å². The number of rotatable bonds is 4. The highest BCUT2D eigenvalue weighted by Gasteiger charge is 2.19. The molecule has 1 aliphatic rings. The molecule has 0 aliphatic carbocycles. The van der Waals surface area contributed by atoms with Gasteiger partial charge in [0, 0.05) is 54.6 Å². The molecule has 0 unspecified atom stereocenters. The molecule has 1 saturated heterocycles. The monoisotopic (exact) mass is 359 g/mol. The number of anilines is 1. The summed E-state index contributed by atoms with van der Waals surface area (Å²) in [7, 11) is 0. The molecule has 0 saturated carbocycles. The SMILES string of the molecule is Cc1cc(/C=N/O)c(O)c(CN2CCN(c3ccc(Cl)cc3)CC2)c1. The van der Waals surface area contributed by atoms with Crippen molar-refractivity contribution in [3.63, 3.8) is 0 Å². The average Bonchev–Trinajstić information content (AvgIpc) is 2.61. The number of halogens is 1. The lowest BCUT2D eigenvalue weighted by Crippen LogP contribution is -2.46. The van der Waals surface area contributed by atoms with Crippen LogP contribution in [0.25, 0.3) is 0 Å². The van der Waals surface area contributed by atoms with Crippen LogP contribution in [0.5, 0.6) is 5.75 Å². The first-order chi connectivity index (χ1) is 12.1. The van der Waals surface area contributed by atoms with E-state index < -0.39 is 0 Å². The Hall–Kier alpha value is -2.24. The molecule has 0 bridgehead atoms. The predicted octanol–water partition coefficient (Wildman–Crippen LogP) is 3.48. The Labute approximate surface area is 152 Å². The molecule has 2 aromatic rings. The summed E-state index contributed by atoms with van der Waals surface area (Å²) in [6.45, 7) is 6.33. The highest BCUT2D eigenvalue weighted by atomic mass is 35.5. The third kappa shape index (κ3) is 4.24. The van der Waals surface area contributed by atoms with Crippen molar-refractivity contribution in [2.24, 2.45) is 5.16 Å². The van der Waals surface area contributed by atoms with E-state index in [0.29, 0.717) is 12.1 Å². The van der Waals surface area contributed by atoms with E-state index in [1.54, 1.807) is 6.07 Å². The molecule has 1 fully saturated rings. The van der Waals surface area contributed by atoms with E-state index in [4.69, 9.17) is 16.8 Å². The number of nitrogens with zero attached hydrogens (tertiary/aromatic N) is 3. The van der Waals surface area contributed by atoms with Crippen LogP contribution in [0.2, 0.25) is 5.02 Å². The molecule has 1 aliphatic heterocycles. The van der Waals surface area contributed by atoms with Gasteiger partial charge in [-0.1, -0.05) is 22.8 Å². The molecular weight excluding hydrogens is 338 g/mol. The Morgan fingerprint density at radius 3 is 2.44 bits per heavy atom. The zero-order valence-corrected chi connectivity index (χ0v) is 14.9. The molecule has 2 N–H and O–H groups in total. The lowest BCUT2D eigenvalue weighted by molar-refractivity contribution is 0.246. The molecule has 5 nitrogen and oxygen atoms in total. The molecule has 6 heteroatoms. The maximum Gasteiger partial charge on any atom is 0.128 e. The Bertz CT molecular complexity index is 754. The Balaban J connectivity index is 1.65. The van der Waals surface area contributed by atoms with Gasteiger partial charge in [-0.25, -0.2) is 0 Å². The first-order valence-corrected chi connectivity index (χ1v) is 8.67. The van der Waals surface area contributed by atoms with E-state index in [-0.39, 0.29) is 5.75 Å². The van der Waals surface area contributed by atoms with E-state index in [2.05, 4.69) is 15.0 Å². The summed E-state index contributed by atoms with van der Waals surface area (Å²) in [5, 5.41) is 22.9. The Morgan fingerprint density at radius 1 is 1.12 bits per heavy atom. The molecule has 3 rings (SSSR count).